The molecule has 0 saturated carbocycles. The Morgan fingerprint density at radius 2 is 1.65 bits per heavy atom. The van der Waals surface area contributed by atoms with E-state index in [1.165, 1.54) is 0 Å². The van der Waals surface area contributed by atoms with Gasteiger partial charge < -0.3 is 14.1 Å². The van der Waals surface area contributed by atoms with Crippen molar-refractivity contribution < 1.29 is 9.15 Å². The van der Waals surface area contributed by atoms with Crippen LogP contribution in [0.4, 0.5) is 5.69 Å². The van der Waals surface area contributed by atoms with E-state index in [9.17, 15) is 15.3 Å². The topological polar surface area (TPSA) is 90.3 Å². The summed E-state index contributed by atoms with van der Waals surface area (Å²) in [4.78, 5) is 15.2. The minimum Gasteiger partial charge on any atom is -0.457 e. The van der Waals surface area contributed by atoms with Crippen LogP contribution in [-0.2, 0) is 0 Å². The molecule has 37 heavy (non-hydrogen) atoms. The van der Waals surface area contributed by atoms with Gasteiger partial charge >= 0.3 is 5.63 Å². The summed E-state index contributed by atoms with van der Waals surface area (Å²) in [5, 5.41) is 19.9. The molecule has 0 amide bonds. The standard InChI is InChI=1S/C31H25N3O3/c1-3-34(4-2)25-15-14-23-18-29(31(35)37-30(23)19-25)28(24(20-32)21-33)16-13-22-9-8-12-27(17-22)36-26-10-6-5-7-11-26/h5-19H,3-4H2,1-2H3/b16-13+. The highest BCUT2D eigenvalue weighted by Crippen LogP contribution is 2.27. The van der Waals surface area contributed by atoms with E-state index in [0.29, 0.717) is 22.5 Å². The summed E-state index contributed by atoms with van der Waals surface area (Å²) in [6, 6.07) is 27.9. The maximum absolute atomic E-state index is 13.0. The van der Waals surface area contributed by atoms with Crippen LogP contribution in [0.2, 0.25) is 0 Å². The summed E-state index contributed by atoms with van der Waals surface area (Å²) in [6.07, 6.45) is 3.32. The van der Waals surface area contributed by atoms with E-state index in [4.69, 9.17) is 9.15 Å². The van der Waals surface area contributed by atoms with Crippen LogP contribution < -0.4 is 15.3 Å². The van der Waals surface area contributed by atoms with E-state index < -0.39 is 5.63 Å². The molecule has 4 rings (SSSR count). The predicted octanol–water partition coefficient (Wildman–Crippen LogP) is 6.95. The number of fused-ring (bicyclic) bond motifs is 1. The first kappa shape index (κ1) is 25.0. The molecule has 0 aliphatic rings. The van der Waals surface area contributed by atoms with Gasteiger partial charge in [0.2, 0.25) is 0 Å². The maximum Gasteiger partial charge on any atom is 0.344 e. The summed E-state index contributed by atoms with van der Waals surface area (Å²) >= 11 is 0. The lowest BCUT2D eigenvalue weighted by molar-refractivity contribution is 0.482. The summed E-state index contributed by atoms with van der Waals surface area (Å²) in [6.45, 7) is 5.77. The zero-order chi connectivity index (χ0) is 26.2. The molecule has 1 heterocycles. The fraction of sp³-hybridized carbons (Fsp3) is 0.129. The molecule has 6 nitrogen and oxygen atoms in total. The first-order chi connectivity index (χ1) is 18.1. The molecule has 3 aromatic carbocycles. The molecule has 0 aliphatic carbocycles. The van der Waals surface area contributed by atoms with Crippen molar-refractivity contribution in [3.8, 4) is 23.6 Å². The molecule has 0 N–H and O–H groups in total. The Kier molecular flexibility index (Phi) is 7.83. The summed E-state index contributed by atoms with van der Waals surface area (Å²) in [7, 11) is 0. The van der Waals surface area contributed by atoms with Gasteiger partial charge in [-0.2, -0.15) is 10.5 Å². The number of benzene rings is 3. The number of anilines is 1. The average molecular weight is 488 g/mol. The van der Waals surface area contributed by atoms with Crippen LogP contribution in [0.25, 0.3) is 22.6 Å². The first-order valence-corrected chi connectivity index (χ1v) is 11.9. The molecule has 0 fully saturated rings. The normalized spacial score (nSPS) is 10.6. The highest BCUT2D eigenvalue weighted by atomic mass is 16.5. The minimum atomic E-state index is -0.618. The summed E-state index contributed by atoms with van der Waals surface area (Å²) < 4.78 is 11.5. The highest BCUT2D eigenvalue weighted by molar-refractivity contribution is 5.89. The molecule has 0 spiro atoms. The summed E-state index contributed by atoms with van der Waals surface area (Å²) in [5.74, 6) is 1.34. The number of ether oxygens (including phenoxy) is 1. The van der Waals surface area contributed by atoms with Gasteiger partial charge in [-0.25, -0.2) is 4.79 Å². The third kappa shape index (κ3) is 5.78. The van der Waals surface area contributed by atoms with Crippen LogP contribution in [-0.4, -0.2) is 13.1 Å². The van der Waals surface area contributed by atoms with Gasteiger partial charge in [0.05, 0.1) is 5.56 Å². The SMILES string of the molecule is CCN(CC)c1ccc2cc(C(/C=C/c3cccc(Oc4ccccc4)c3)=C(C#N)C#N)c(=O)oc2c1. The number of hydrogen-bond donors (Lipinski definition) is 0. The first-order valence-electron chi connectivity index (χ1n) is 11.9. The fourth-order valence-electron chi connectivity index (χ4n) is 4.01. The largest absolute Gasteiger partial charge is 0.457 e. The molecule has 0 radical (unpaired) electrons. The molecule has 1 aromatic heterocycles. The Morgan fingerprint density at radius 1 is 0.919 bits per heavy atom. The molecular formula is C31H25N3O3. The highest BCUT2D eigenvalue weighted by Gasteiger charge is 2.15. The molecule has 182 valence electrons. The van der Waals surface area contributed by atoms with Gasteiger partial charge in [0.25, 0.3) is 0 Å². The second-order valence-corrected chi connectivity index (χ2v) is 8.18. The zero-order valence-electron chi connectivity index (χ0n) is 20.6. The molecule has 0 unspecified atom stereocenters. The smallest absolute Gasteiger partial charge is 0.344 e. The Labute approximate surface area is 215 Å². The predicted molar refractivity (Wildman–Crippen MR) is 146 cm³/mol. The second-order valence-electron chi connectivity index (χ2n) is 8.18. The van der Waals surface area contributed by atoms with Crippen molar-refractivity contribution >= 4 is 28.3 Å². The Morgan fingerprint density at radius 3 is 2.35 bits per heavy atom. The van der Waals surface area contributed by atoms with Gasteiger partial charge in [-0.05, 0) is 61.9 Å². The van der Waals surface area contributed by atoms with Crippen molar-refractivity contribution in [3.63, 3.8) is 0 Å². The third-order valence-electron chi connectivity index (χ3n) is 5.91. The average Bonchev–Trinajstić information content (AvgIpc) is 2.92. The number of para-hydroxylation sites is 1. The van der Waals surface area contributed by atoms with Gasteiger partial charge in [0.15, 0.2) is 0 Å². The lowest BCUT2D eigenvalue weighted by atomic mass is 9.99. The molecule has 0 atom stereocenters. The summed E-state index contributed by atoms with van der Waals surface area (Å²) in [5.41, 5.74) is 1.72. The van der Waals surface area contributed by atoms with Crippen molar-refractivity contribution in [2.24, 2.45) is 0 Å². The second kappa shape index (κ2) is 11.6. The molecule has 6 heteroatoms. The lowest BCUT2D eigenvalue weighted by Gasteiger charge is -2.21. The van der Waals surface area contributed by atoms with Gasteiger partial charge in [0.1, 0.15) is 34.8 Å². The van der Waals surface area contributed by atoms with Crippen molar-refractivity contribution in [2.45, 2.75) is 13.8 Å². The molecular weight excluding hydrogens is 462 g/mol. The lowest BCUT2D eigenvalue weighted by Crippen LogP contribution is -2.21. The van der Waals surface area contributed by atoms with Crippen LogP contribution in [0.3, 0.4) is 0 Å². The monoisotopic (exact) mass is 487 g/mol. The van der Waals surface area contributed by atoms with E-state index in [-0.39, 0.29) is 16.7 Å². The van der Waals surface area contributed by atoms with Gasteiger partial charge in [0, 0.05) is 35.8 Å². The number of rotatable bonds is 8. The van der Waals surface area contributed by atoms with Crippen molar-refractivity contribution in [1.29, 1.82) is 10.5 Å². The molecule has 0 saturated heterocycles. The number of allylic oxidation sites excluding steroid dienone is 3. The third-order valence-corrected chi connectivity index (χ3v) is 5.91. The van der Waals surface area contributed by atoms with E-state index >= 15 is 0 Å². The molecule has 0 bridgehead atoms. The van der Waals surface area contributed by atoms with Gasteiger partial charge in [-0.3, -0.25) is 0 Å². The zero-order valence-corrected chi connectivity index (χ0v) is 20.6. The maximum atomic E-state index is 13.0. The quantitative estimate of drug-likeness (QED) is 0.152. The van der Waals surface area contributed by atoms with Crippen LogP contribution in [0, 0.1) is 22.7 Å². The Balaban J connectivity index is 1.72. The van der Waals surface area contributed by atoms with E-state index in [1.807, 2.05) is 84.9 Å². The number of hydrogen-bond acceptors (Lipinski definition) is 6. The van der Waals surface area contributed by atoms with Crippen molar-refractivity contribution in [3.05, 3.63) is 112 Å². The van der Waals surface area contributed by atoms with Crippen molar-refractivity contribution in [2.75, 3.05) is 18.0 Å². The fourth-order valence-corrected chi connectivity index (χ4v) is 4.01. The van der Waals surface area contributed by atoms with Gasteiger partial charge in [-0.1, -0.05) is 42.5 Å². The van der Waals surface area contributed by atoms with Crippen LogP contribution in [0.1, 0.15) is 25.0 Å². The van der Waals surface area contributed by atoms with E-state index in [2.05, 4.69) is 18.7 Å². The number of nitrogens with zero attached hydrogens (tertiary/aromatic N) is 3. The number of nitriles is 2. The Hall–Kier alpha value is -5.07. The van der Waals surface area contributed by atoms with Gasteiger partial charge in [-0.15, -0.1) is 0 Å². The van der Waals surface area contributed by atoms with Crippen LogP contribution >= 0.6 is 0 Å². The molecule has 4 aromatic rings. The van der Waals surface area contributed by atoms with Crippen molar-refractivity contribution in [1.82, 2.24) is 0 Å². The Bertz CT molecular complexity index is 1600. The van der Waals surface area contributed by atoms with E-state index in [0.717, 1.165) is 24.3 Å². The minimum absolute atomic E-state index is 0.147. The van der Waals surface area contributed by atoms with E-state index in [1.54, 1.807) is 18.2 Å². The molecule has 0 aliphatic heterocycles. The van der Waals surface area contributed by atoms with Crippen LogP contribution in [0.5, 0.6) is 11.5 Å². The van der Waals surface area contributed by atoms with Crippen LogP contribution in [0.15, 0.2) is 99.7 Å².